The van der Waals surface area contributed by atoms with Crippen LogP contribution < -0.4 is 5.32 Å². The van der Waals surface area contributed by atoms with Gasteiger partial charge in [-0.05, 0) is 52.2 Å². The van der Waals surface area contributed by atoms with Crippen molar-refractivity contribution in [1.82, 2.24) is 10.2 Å². The molecular weight excluding hydrogens is 224 g/mol. The Labute approximate surface area is 113 Å². The molecule has 1 rings (SSSR count). The van der Waals surface area contributed by atoms with Crippen LogP contribution in [0.5, 0.6) is 0 Å². The van der Waals surface area contributed by atoms with Gasteiger partial charge in [0, 0.05) is 11.6 Å². The number of nitrogens with zero attached hydrogens (tertiary/aromatic N) is 1. The molecule has 0 aromatic heterocycles. The molecule has 3 nitrogen and oxygen atoms in total. The first-order chi connectivity index (χ1) is 8.56. The molecule has 1 saturated heterocycles. The topological polar surface area (TPSA) is 35.5 Å². The Kier molecular flexibility index (Phi) is 7.20. The van der Waals surface area contributed by atoms with Gasteiger partial charge in [0.2, 0.25) is 0 Å². The van der Waals surface area contributed by atoms with Crippen LogP contribution in [0.1, 0.15) is 59.3 Å². The lowest BCUT2D eigenvalue weighted by atomic mass is 9.94. The highest BCUT2D eigenvalue weighted by atomic mass is 16.3. The van der Waals surface area contributed by atoms with E-state index in [2.05, 4.69) is 31.0 Å². The van der Waals surface area contributed by atoms with Crippen LogP contribution >= 0.6 is 0 Å². The predicted octanol–water partition coefficient (Wildman–Crippen LogP) is 2.39. The second-order valence-corrected chi connectivity index (χ2v) is 6.38. The maximum Gasteiger partial charge on any atom is 0.0610 e. The van der Waals surface area contributed by atoms with Crippen LogP contribution in [0.2, 0.25) is 0 Å². The van der Waals surface area contributed by atoms with Gasteiger partial charge in [-0.15, -0.1) is 0 Å². The van der Waals surface area contributed by atoms with E-state index in [-0.39, 0.29) is 12.1 Å². The summed E-state index contributed by atoms with van der Waals surface area (Å²) in [6.07, 6.45) is 7.70. The van der Waals surface area contributed by atoms with Crippen LogP contribution in [0, 0.1) is 0 Å². The second kappa shape index (κ2) is 8.13. The molecular formula is C15H32N2O. The minimum Gasteiger partial charge on any atom is -0.394 e. The number of aliphatic hydroxyl groups excluding tert-OH is 1. The predicted molar refractivity (Wildman–Crippen MR) is 77.9 cm³/mol. The van der Waals surface area contributed by atoms with Crippen molar-refractivity contribution in [2.75, 3.05) is 26.2 Å². The maximum atomic E-state index is 9.51. The molecule has 0 bridgehead atoms. The summed E-state index contributed by atoms with van der Waals surface area (Å²) in [6, 6.07) is 0.434. The first kappa shape index (κ1) is 15.9. The van der Waals surface area contributed by atoms with E-state index in [0.717, 1.165) is 6.42 Å². The first-order valence-corrected chi connectivity index (χ1v) is 7.67. The molecule has 1 aliphatic rings. The number of likely N-dealkylation sites (tertiary alicyclic amines) is 1. The summed E-state index contributed by atoms with van der Waals surface area (Å²) in [5.41, 5.74) is -0.101. The van der Waals surface area contributed by atoms with Crippen molar-refractivity contribution in [2.24, 2.45) is 0 Å². The number of hydrogen-bond donors (Lipinski definition) is 2. The summed E-state index contributed by atoms with van der Waals surface area (Å²) in [5, 5.41) is 13.0. The van der Waals surface area contributed by atoms with Crippen LogP contribution in [0.15, 0.2) is 0 Å². The maximum absolute atomic E-state index is 9.51. The fourth-order valence-electron chi connectivity index (χ4n) is 2.93. The van der Waals surface area contributed by atoms with Gasteiger partial charge < -0.3 is 15.3 Å². The van der Waals surface area contributed by atoms with E-state index in [1.54, 1.807) is 0 Å². The minimum absolute atomic E-state index is 0.101. The number of piperidine rings is 1. The Morgan fingerprint density at radius 3 is 2.39 bits per heavy atom. The smallest absolute Gasteiger partial charge is 0.0610 e. The van der Waals surface area contributed by atoms with E-state index < -0.39 is 0 Å². The van der Waals surface area contributed by atoms with Crippen molar-refractivity contribution < 1.29 is 5.11 Å². The zero-order chi connectivity index (χ0) is 13.4. The summed E-state index contributed by atoms with van der Waals surface area (Å²) < 4.78 is 0. The van der Waals surface area contributed by atoms with Gasteiger partial charge in [-0.2, -0.15) is 0 Å². The summed E-state index contributed by atoms with van der Waals surface area (Å²) in [7, 11) is 0. The van der Waals surface area contributed by atoms with E-state index in [1.807, 2.05) is 0 Å². The van der Waals surface area contributed by atoms with Gasteiger partial charge in [0.05, 0.1) is 6.61 Å². The zero-order valence-electron chi connectivity index (χ0n) is 12.5. The minimum atomic E-state index is -0.101. The molecule has 18 heavy (non-hydrogen) atoms. The molecule has 0 saturated carbocycles. The number of aliphatic hydroxyl groups is 1. The van der Waals surface area contributed by atoms with Crippen LogP contribution in [0.3, 0.4) is 0 Å². The van der Waals surface area contributed by atoms with Crippen LogP contribution in [0.4, 0.5) is 0 Å². The molecule has 3 heteroatoms. The van der Waals surface area contributed by atoms with E-state index in [0.29, 0.717) is 6.04 Å². The average molecular weight is 256 g/mol. The van der Waals surface area contributed by atoms with Crippen molar-refractivity contribution in [3.05, 3.63) is 0 Å². The molecule has 1 heterocycles. The van der Waals surface area contributed by atoms with Gasteiger partial charge in [0.1, 0.15) is 0 Å². The molecule has 1 aliphatic heterocycles. The van der Waals surface area contributed by atoms with Crippen molar-refractivity contribution in [3.63, 3.8) is 0 Å². The number of unbranched alkanes of at least 4 members (excludes halogenated alkanes) is 1. The highest BCUT2D eigenvalue weighted by molar-refractivity contribution is 4.83. The summed E-state index contributed by atoms with van der Waals surface area (Å²) >= 11 is 0. The monoisotopic (exact) mass is 256 g/mol. The number of hydrogen-bond acceptors (Lipinski definition) is 3. The normalized spacial score (nSPS) is 21.2. The Morgan fingerprint density at radius 1 is 1.17 bits per heavy atom. The summed E-state index contributed by atoms with van der Waals surface area (Å²) in [4.78, 5) is 2.59. The molecule has 0 aliphatic carbocycles. The third kappa shape index (κ3) is 6.17. The molecule has 2 N–H and O–H groups in total. The van der Waals surface area contributed by atoms with E-state index in [9.17, 15) is 5.11 Å². The van der Waals surface area contributed by atoms with Crippen molar-refractivity contribution in [2.45, 2.75) is 70.9 Å². The van der Waals surface area contributed by atoms with Crippen molar-refractivity contribution in [3.8, 4) is 0 Å². The molecule has 0 aromatic rings. The SMILES string of the molecule is CC(C)NC(C)(CO)CCCCN1CCCCC1. The van der Waals surface area contributed by atoms with Crippen molar-refractivity contribution in [1.29, 1.82) is 0 Å². The molecule has 1 unspecified atom stereocenters. The molecule has 1 atom stereocenters. The Morgan fingerprint density at radius 2 is 1.83 bits per heavy atom. The van der Waals surface area contributed by atoms with Gasteiger partial charge in [0.15, 0.2) is 0 Å². The molecule has 0 aromatic carbocycles. The lowest BCUT2D eigenvalue weighted by molar-refractivity contribution is 0.150. The third-order valence-corrected chi connectivity index (χ3v) is 3.89. The first-order valence-electron chi connectivity index (χ1n) is 7.67. The number of nitrogens with one attached hydrogen (secondary N) is 1. The highest BCUT2D eigenvalue weighted by Gasteiger charge is 2.23. The van der Waals surface area contributed by atoms with E-state index >= 15 is 0 Å². The fraction of sp³-hybridized carbons (Fsp3) is 1.00. The van der Waals surface area contributed by atoms with Crippen LogP contribution in [0.25, 0.3) is 0 Å². The standard InChI is InChI=1S/C15H32N2O/c1-14(2)16-15(3,13-18)9-5-8-12-17-10-6-4-7-11-17/h14,16,18H,4-13H2,1-3H3. The van der Waals surface area contributed by atoms with E-state index in [4.69, 9.17) is 0 Å². The molecule has 0 spiro atoms. The largest absolute Gasteiger partial charge is 0.394 e. The van der Waals surface area contributed by atoms with Gasteiger partial charge in [-0.1, -0.05) is 26.7 Å². The lowest BCUT2D eigenvalue weighted by Gasteiger charge is -2.32. The summed E-state index contributed by atoms with van der Waals surface area (Å²) in [5.74, 6) is 0. The molecule has 108 valence electrons. The second-order valence-electron chi connectivity index (χ2n) is 6.38. The Hall–Kier alpha value is -0.120. The Balaban J connectivity index is 2.14. The Bertz CT molecular complexity index is 215. The molecule has 0 amide bonds. The van der Waals surface area contributed by atoms with Crippen molar-refractivity contribution >= 4 is 0 Å². The fourth-order valence-corrected chi connectivity index (χ4v) is 2.93. The summed E-state index contributed by atoms with van der Waals surface area (Å²) in [6.45, 7) is 10.5. The highest BCUT2D eigenvalue weighted by Crippen LogP contribution is 2.16. The quantitative estimate of drug-likeness (QED) is 0.655. The van der Waals surface area contributed by atoms with E-state index in [1.165, 1.54) is 51.7 Å². The zero-order valence-corrected chi connectivity index (χ0v) is 12.5. The third-order valence-electron chi connectivity index (χ3n) is 3.89. The van der Waals surface area contributed by atoms with Crippen LogP contribution in [-0.4, -0.2) is 47.8 Å². The average Bonchev–Trinajstić information content (AvgIpc) is 2.35. The van der Waals surface area contributed by atoms with Crippen LogP contribution in [-0.2, 0) is 0 Å². The molecule has 0 radical (unpaired) electrons. The van der Waals surface area contributed by atoms with Gasteiger partial charge in [-0.3, -0.25) is 0 Å². The lowest BCUT2D eigenvalue weighted by Crippen LogP contribution is -2.49. The van der Waals surface area contributed by atoms with Gasteiger partial charge in [0.25, 0.3) is 0 Å². The van der Waals surface area contributed by atoms with Gasteiger partial charge in [-0.25, -0.2) is 0 Å². The number of rotatable bonds is 8. The molecule has 1 fully saturated rings. The van der Waals surface area contributed by atoms with Gasteiger partial charge >= 0.3 is 0 Å².